The predicted octanol–water partition coefficient (Wildman–Crippen LogP) is 8.47. The quantitative estimate of drug-likeness (QED) is 0.0837. The van der Waals surface area contributed by atoms with Gasteiger partial charge in [-0.1, -0.05) is 117 Å². The first-order chi connectivity index (χ1) is 15.7. The lowest BCUT2D eigenvalue weighted by molar-refractivity contribution is -0.143. The molecule has 0 atom stereocenters. The molecule has 0 aromatic rings. The van der Waals surface area contributed by atoms with Gasteiger partial charge in [0, 0.05) is 12.8 Å². The van der Waals surface area contributed by atoms with Crippen LogP contribution in [-0.4, -0.2) is 25.2 Å². The van der Waals surface area contributed by atoms with Gasteiger partial charge >= 0.3 is 11.9 Å². The molecular formula is C28H52O4. The molecule has 0 saturated heterocycles. The summed E-state index contributed by atoms with van der Waals surface area (Å²) in [5, 5.41) is 0. The summed E-state index contributed by atoms with van der Waals surface area (Å²) in [5.74, 6) is -0.278. The fourth-order valence-electron chi connectivity index (χ4n) is 3.72. The van der Waals surface area contributed by atoms with Crippen molar-refractivity contribution in [3.05, 3.63) is 12.2 Å². The molecule has 4 heteroatoms. The van der Waals surface area contributed by atoms with E-state index in [1.807, 2.05) is 0 Å². The lowest BCUT2D eigenvalue weighted by atomic mass is 10.1. The van der Waals surface area contributed by atoms with Crippen molar-refractivity contribution in [3.8, 4) is 0 Å². The van der Waals surface area contributed by atoms with Gasteiger partial charge in [0.2, 0.25) is 0 Å². The number of ether oxygens (including phenoxy) is 2. The number of unbranched alkanes of at least 4 members (excludes halogenated alkanes) is 16. The molecule has 0 aromatic heterocycles. The number of hydrogen-bond acceptors (Lipinski definition) is 4. The molecule has 0 fully saturated rings. The fourth-order valence-corrected chi connectivity index (χ4v) is 3.72. The molecule has 0 aliphatic rings. The second-order valence-corrected chi connectivity index (χ2v) is 8.99. The first-order valence-corrected chi connectivity index (χ1v) is 13.7. The van der Waals surface area contributed by atoms with Crippen LogP contribution in [-0.2, 0) is 19.1 Å². The van der Waals surface area contributed by atoms with Crippen LogP contribution in [0.2, 0.25) is 0 Å². The number of carbonyl (C=O) groups excluding carboxylic acids is 2. The Labute approximate surface area is 198 Å². The van der Waals surface area contributed by atoms with Crippen LogP contribution in [0.3, 0.4) is 0 Å². The summed E-state index contributed by atoms with van der Waals surface area (Å²) in [4.78, 5) is 23.4. The first-order valence-electron chi connectivity index (χ1n) is 13.7. The highest BCUT2D eigenvalue weighted by molar-refractivity contribution is 5.69. The van der Waals surface area contributed by atoms with Gasteiger partial charge in [-0.05, 0) is 25.0 Å². The zero-order valence-electron chi connectivity index (χ0n) is 21.3. The molecule has 4 nitrogen and oxygen atoms in total. The van der Waals surface area contributed by atoms with Crippen LogP contribution >= 0.6 is 0 Å². The maximum Gasteiger partial charge on any atom is 0.306 e. The lowest BCUT2D eigenvalue weighted by Crippen LogP contribution is -2.05. The summed E-state index contributed by atoms with van der Waals surface area (Å²) in [7, 11) is 0. The third kappa shape index (κ3) is 24.9. The fraction of sp³-hybridized carbons (Fsp3) is 0.857. The van der Waals surface area contributed by atoms with E-state index >= 15 is 0 Å². The zero-order valence-corrected chi connectivity index (χ0v) is 21.3. The minimum Gasteiger partial charge on any atom is -0.461 e. The van der Waals surface area contributed by atoms with Gasteiger partial charge in [-0.3, -0.25) is 9.59 Å². The number of carbonyl (C=O) groups is 2. The molecule has 0 unspecified atom stereocenters. The van der Waals surface area contributed by atoms with Crippen LogP contribution in [0.4, 0.5) is 0 Å². The Kier molecular flexibility index (Phi) is 24.9. The van der Waals surface area contributed by atoms with E-state index in [4.69, 9.17) is 9.47 Å². The number of esters is 2. The lowest BCUT2D eigenvalue weighted by Gasteiger charge is -2.04. The maximum atomic E-state index is 11.7. The molecule has 0 aromatic carbocycles. The summed E-state index contributed by atoms with van der Waals surface area (Å²) < 4.78 is 10.4. The SMILES string of the molecule is CCCCCCCCCCCC(=O)OCC=CCOC(=O)CCCCCCCCCCC. The Balaban J connectivity index is 3.37. The van der Waals surface area contributed by atoms with E-state index in [-0.39, 0.29) is 25.2 Å². The van der Waals surface area contributed by atoms with Crippen molar-refractivity contribution in [2.45, 2.75) is 142 Å². The van der Waals surface area contributed by atoms with Crippen molar-refractivity contribution in [2.24, 2.45) is 0 Å². The van der Waals surface area contributed by atoms with Crippen molar-refractivity contribution in [2.75, 3.05) is 13.2 Å². The Morgan fingerprint density at radius 1 is 0.469 bits per heavy atom. The van der Waals surface area contributed by atoms with Gasteiger partial charge in [-0.2, -0.15) is 0 Å². The van der Waals surface area contributed by atoms with E-state index in [2.05, 4.69) is 13.8 Å². The van der Waals surface area contributed by atoms with Crippen molar-refractivity contribution >= 4 is 11.9 Å². The number of rotatable bonds is 24. The van der Waals surface area contributed by atoms with E-state index in [1.165, 1.54) is 89.9 Å². The Morgan fingerprint density at radius 3 is 1.06 bits per heavy atom. The highest BCUT2D eigenvalue weighted by Crippen LogP contribution is 2.12. The van der Waals surface area contributed by atoms with Gasteiger partial charge in [-0.25, -0.2) is 0 Å². The summed E-state index contributed by atoms with van der Waals surface area (Å²) in [6.07, 6.45) is 26.8. The molecule has 0 heterocycles. The van der Waals surface area contributed by atoms with Crippen LogP contribution in [0.25, 0.3) is 0 Å². The minimum atomic E-state index is -0.139. The predicted molar refractivity (Wildman–Crippen MR) is 135 cm³/mol. The Morgan fingerprint density at radius 2 is 0.750 bits per heavy atom. The Hall–Kier alpha value is -1.32. The monoisotopic (exact) mass is 452 g/mol. The highest BCUT2D eigenvalue weighted by Gasteiger charge is 2.03. The van der Waals surface area contributed by atoms with E-state index in [0.717, 1.165) is 25.7 Å². The third-order valence-corrected chi connectivity index (χ3v) is 5.82. The van der Waals surface area contributed by atoms with E-state index in [1.54, 1.807) is 12.2 Å². The van der Waals surface area contributed by atoms with Crippen molar-refractivity contribution in [3.63, 3.8) is 0 Å². The minimum absolute atomic E-state index is 0.139. The Bertz CT molecular complexity index is 405. The molecule has 0 N–H and O–H groups in total. The van der Waals surface area contributed by atoms with Gasteiger partial charge in [0.05, 0.1) is 0 Å². The van der Waals surface area contributed by atoms with E-state index in [9.17, 15) is 9.59 Å². The molecule has 0 aliphatic carbocycles. The standard InChI is InChI=1S/C28H52O4/c1-3-5-7-9-11-13-15-17-19-23-27(29)31-25-21-22-26-32-28(30)24-20-18-16-14-12-10-8-6-4-2/h21-22H,3-20,23-26H2,1-2H3. The third-order valence-electron chi connectivity index (χ3n) is 5.82. The molecule has 0 radical (unpaired) electrons. The van der Waals surface area contributed by atoms with Crippen molar-refractivity contribution < 1.29 is 19.1 Å². The molecule has 0 amide bonds. The van der Waals surface area contributed by atoms with E-state index in [0.29, 0.717) is 12.8 Å². The largest absolute Gasteiger partial charge is 0.461 e. The van der Waals surface area contributed by atoms with Crippen LogP contribution in [0.1, 0.15) is 142 Å². The normalized spacial score (nSPS) is 11.2. The van der Waals surface area contributed by atoms with Crippen molar-refractivity contribution in [1.29, 1.82) is 0 Å². The average Bonchev–Trinajstić information content (AvgIpc) is 2.79. The molecule has 0 spiro atoms. The molecule has 0 rings (SSSR count). The van der Waals surface area contributed by atoms with Gasteiger partial charge < -0.3 is 9.47 Å². The second kappa shape index (κ2) is 25.9. The maximum absolute atomic E-state index is 11.7. The molecule has 188 valence electrons. The van der Waals surface area contributed by atoms with Crippen molar-refractivity contribution in [1.82, 2.24) is 0 Å². The van der Waals surface area contributed by atoms with Gasteiger partial charge in [0.15, 0.2) is 0 Å². The van der Waals surface area contributed by atoms with Gasteiger partial charge in [0.25, 0.3) is 0 Å². The summed E-state index contributed by atoms with van der Waals surface area (Å²) in [6, 6.07) is 0. The highest BCUT2D eigenvalue weighted by atomic mass is 16.5. The number of hydrogen-bond donors (Lipinski definition) is 0. The summed E-state index contributed by atoms with van der Waals surface area (Å²) >= 11 is 0. The van der Waals surface area contributed by atoms with Gasteiger partial charge in [-0.15, -0.1) is 0 Å². The first kappa shape index (κ1) is 30.7. The molecule has 0 aliphatic heterocycles. The smallest absolute Gasteiger partial charge is 0.306 e. The topological polar surface area (TPSA) is 52.6 Å². The zero-order chi connectivity index (χ0) is 23.5. The van der Waals surface area contributed by atoms with Crippen LogP contribution < -0.4 is 0 Å². The van der Waals surface area contributed by atoms with Gasteiger partial charge in [0.1, 0.15) is 13.2 Å². The molecule has 32 heavy (non-hydrogen) atoms. The van der Waals surface area contributed by atoms with E-state index < -0.39 is 0 Å². The van der Waals surface area contributed by atoms with Crippen LogP contribution in [0.15, 0.2) is 12.2 Å². The second-order valence-electron chi connectivity index (χ2n) is 8.99. The summed E-state index contributed by atoms with van der Waals surface area (Å²) in [5.41, 5.74) is 0. The molecule has 0 bridgehead atoms. The van der Waals surface area contributed by atoms with Crippen LogP contribution in [0.5, 0.6) is 0 Å². The molecule has 0 saturated carbocycles. The molecular weight excluding hydrogens is 400 g/mol. The van der Waals surface area contributed by atoms with Crippen LogP contribution in [0, 0.1) is 0 Å². The average molecular weight is 453 g/mol. The summed E-state index contributed by atoms with van der Waals surface area (Å²) in [6.45, 7) is 4.99.